The number of ether oxygens (including phenoxy) is 1. The maximum absolute atomic E-state index is 12.3. The summed E-state index contributed by atoms with van der Waals surface area (Å²) in [6, 6.07) is 12.9. The van der Waals surface area contributed by atoms with Crippen molar-refractivity contribution in [3.63, 3.8) is 0 Å². The number of carbonyl (C=O) groups is 1. The van der Waals surface area contributed by atoms with E-state index in [1.807, 2.05) is 49.4 Å². The highest BCUT2D eigenvalue weighted by molar-refractivity contribution is 6.00. The van der Waals surface area contributed by atoms with E-state index in [0.29, 0.717) is 11.4 Å². The van der Waals surface area contributed by atoms with Crippen molar-refractivity contribution in [1.82, 2.24) is 0 Å². The van der Waals surface area contributed by atoms with Gasteiger partial charge in [0.25, 0.3) is 0 Å². The van der Waals surface area contributed by atoms with Gasteiger partial charge in [0.1, 0.15) is 11.4 Å². The summed E-state index contributed by atoms with van der Waals surface area (Å²) < 4.78 is 5.80. The molecule has 2 aromatic rings. The molecule has 1 atom stereocenters. The fraction of sp³-hybridized carbons (Fsp3) is 0.318. The topological polar surface area (TPSA) is 70.6 Å². The van der Waals surface area contributed by atoms with Crippen LogP contribution >= 0.6 is 0 Å². The van der Waals surface area contributed by atoms with Crippen LogP contribution in [0.3, 0.4) is 0 Å². The first-order chi connectivity index (χ1) is 12.7. The van der Waals surface area contributed by atoms with Gasteiger partial charge in [-0.15, -0.1) is 0 Å². The number of aliphatic hydroxyl groups excluding tert-OH is 1. The average molecular weight is 366 g/mol. The molecule has 0 spiro atoms. The molecule has 3 N–H and O–H groups in total. The fourth-order valence-electron chi connectivity index (χ4n) is 2.83. The molecular formula is C22H26N2O3. The van der Waals surface area contributed by atoms with Crippen LogP contribution in [0.15, 0.2) is 48.5 Å². The molecule has 142 valence electrons. The molecule has 0 radical (unpaired) electrons. The second-order valence-corrected chi connectivity index (χ2v) is 8.07. The van der Waals surface area contributed by atoms with Crippen molar-refractivity contribution in [2.24, 2.45) is 0 Å². The maximum atomic E-state index is 12.3. The molecular weight excluding hydrogens is 340 g/mol. The number of aliphatic hydroxyl groups is 1. The average Bonchev–Trinajstić information content (AvgIpc) is 2.61. The largest absolute Gasteiger partial charge is 0.480 e. The van der Waals surface area contributed by atoms with Gasteiger partial charge in [-0.25, -0.2) is 4.79 Å². The Morgan fingerprint density at radius 2 is 1.70 bits per heavy atom. The molecule has 0 aromatic heterocycles. The Hall–Kier alpha value is -2.79. The van der Waals surface area contributed by atoms with E-state index in [4.69, 9.17) is 4.74 Å². The number of rotatable bonds is 3. The van der Waals surface area contributed by atoms with Crippen LogP contribution in [0.2, 0.25) is 0 Å². The first-order valence-corrected chi connectivity index (χ1v) is 9.00. The molecule has 0 fully saturated rings. The Kier molecular flexibility index (Phi) is 4.98. The van der Waals surface area contributed by atoms with E-state index in [2.05, 4.69) is 31.4 Å². The second-order valence-electron chi connectivity index (χ2n) is 8.07. The summed E-state index contributed by atoms with van der Waals surface area (Å²) in [6.07, 6.45) is 3.71. The molecule has 5 nitrogen and oxygen atoms in total. The van der Waals surface area contributed by atoms with E-state index in [9.17, 15) is 9.90 Å². The lowest BCUT2D eigenvalue weighted by molar-refractivity contribution is 0.0641. The summed E-state index contributed by atoms with van der Waals surface area (Å²) in [5.74, 6) is 0.678. The van der Waals surface area contributed by atoms with Crippen LogP contribution in [0.4, 0.5) is 16.2 Å². The number of fused-ring (bicyclic) bond motifs is 1. The minimum atomic E-state index is -0.710. The lowest BCUT2D eigenvalue weighted by Gasteiger charge is -2.29. The SMILES string of the molecule is CC1(CO)C=Cc2cc(NC(=O)Nc3ccc(C(C)(C)C)cc3)ccc2O1. The van der Waals surface area contributed by atoms with Gasteiger partial charge in [-0.05, 0) is 54.3 Å². The lowest BCUT2D eigenvalue weighted by atomic mass is 9.87. The van der Waals surface area contributed by atoms with Crippen LogP contribution in [-0.2, 0) is 5.41 Å². The molecule has 0 aliphatic carbocycles. The van der Waals surface area contributed by atoms with Crippen LogP contribution in [0.25, 0.3) is 6.08 Å². The van der Waals surface area contributed by atoms with E-state index < -0.39 is 5.60 Å². The van der Waals surface area contributed by atoms with Gasteiger partial charge in [0.15, 0.2) is 0 Å². The number of carbonyl (C=O) groups excluding carboxylic acids is 1. The van der Waals surface area contributed by atoms with Crippen LogP contribution < -0.4 is 15.4 Å². The van der Waals surface area contributed by atoms with E-state index in [1.54, 1.807) is 12.1 Å². The summed E-state index contributed by atoms with van der Waals surface area (Å²) in [4.78, 5) is 12.3. The summed E-state index contributed by atoms with van der Waals surface area (Å²) in [5, 5.41) is 15.1. The van der Waals surface area contributed by atoms with Crippen LogP contribution in [0.5, 0.6) is 5.75 Å². The molecule has 0 saturated carbocycles. The normalized spacial score (nSPS) is 18.4. The van der Waals surface area contributed by atoms with Gasteiger partial charge in [0, 0.05) is 16.9 Å². The third-order valence-electron chi connectivity index (χ3n) is 4.55. The maximum Gasteiger partial charge on any atom is 0.323 e. The van der Waals surface area contributed by atoms with Gasteiger partial charge in [-0.2, -0.15) is 0 Å². The third-order valence-corrected chi connectivity index (χ3v) is 4.55. The van der Waals surface area contributed by atoms with Crippen LogP contribution in [-0.4, -0.2) is 23.3 Å². The first kappa shape index (κ1) is 19.0. The zero-order valence-corrected chi connectivity index (χ0v) is 16.2. The number of anilines is 2. The summed E-state index contributed by atoms with van der Waals surface area (Å²) >= 11 is 0. The number of benzene rings is 2. The van der Waals surface area contributed by atoms with Crippen molar-refractivity contribution in [3.8, 4) is 5.75 Å². The Morgan fingerprint density at radius 3 is 2.33 bits per heavy atom. The number of hydrogen-bond acceptors (Lipinski definition) is 3. The standard InChI is InChI=1S/C22H26N2O3/c1-21(2,3)16-5-7-17(8-6-16)23-20(26)24-18-9-10-19-15(13-18)11-12-22(4,14-25)27-19/h5-13,25H,14H2,1-4H3,(H2,23,24,26). The predicted molar refractivity (Wildman–Crippen MR) is 109 cm³/mol. The molecule has 2 amide bonds. The molecule has 1 heterocycles. The van der Waals surface area contributed by atoms with Crippen molar-refractivity contribution < 1.29 is 14.6 Å². The first-order valence-electron chi connectivity index (χ1n) is 9.00. The second kappa shape index (κ2) is 7.08. The van der Waals surface area contributed by atoms with Crippen LogP contribution in [0, 0.1) is 0 Å². The quantitative estimate of drug-likeness (QED) is 0.732. The minimum absolute atomic E-state index is 0.0750. The molecule has 27 heavy (non-hydrogen) atoms. The van der Waals surface area contributed by atoms with Crippen molar-refractivity contribution >= 4 is 23.5 Å². The van der Waals surface area contributed by atoms with E-state index >= 15 is 0 Å². The van der Waals surface area contributed by atoms with Gasteiger partial charge in [0.2, 0.25) is 0 Å². The van der Waals surface area contributed by atoms with Gasteiger partial charge in [-0.3, -0.25) is 0 Å². The highest BCUT2D eigenvalue weighted by Crippen LogP contribution is 2.32. The highest BCUT2D eigenvalue weighted by atomic mass is 16.5. The third kappa shape index (κ3) is 4.49. The highest BCUT2D eigenvalue weighted by Gasteiger charge is 2.26. The van der Waals surface area contributed by atoms with Gasteiger partial charge >= 0.3 is 6.03 Å². The zero-order chi connectivity index (χ0) is 19.7. The van der Waals surface area contributed by atoms with E-state index in [1.165, 1.54) is 5.56 Å². The van der Waals surface area contributed by atoms with Gasteiger partial charge in [-0.1, -0.05) is 39.0 Å². The molecule has 1 aliphatic heterocycles. The number of nitrogens with one attached hydrogen (secondary N) is 2. The van der Waals surface area contributed by atoms with Crippen molar-refractivity contribution in [2.45, 2.75) is 38.7 Å². The Morgan fingerprint density at radius 1 is 1.07 bits per heavy atom. The van der Waals surface area contributed by atoms with Crippen LogP contribution in [0.1, 0.15) is 38.8 Å². The lowest BCUT2D eigenvalue weighted by Crippen LogP contribution is -2.35. The molecule has 0 bridgehead atoms. The monoisotopic (exact) mass is 366 g/mol. The van der Waals surface area contributed by atoms with E-state index in [0.717, 1.165) is 11.3 Å². The zero-order valence-electron chi connectivity index (χ0n) is 16.2. The number of hydrogen-bond donors (Lipinski definition) is 3. The molecule has 1 unspecified atom stereocenters. The molecule has 3 rings (SSSR count). The summed E-state index contributed by atoms with van der Waals surface area (Å²) in [5.41, 5.74) is 2.83. The van der Waals surface area contributed by atoms with Gasteiger partial charge in [0.05, 0.1) is 6.61 Å². The Bertz CT molecular complexity index is 866. The van der Waals surface area contributed by atoms with Crippen molar-refractivity contribution in [3.05, 3.63) is 59.7 Å². The molecule has 2 aromatic carbocycles. The molecule has 0 saturated heterocycles. The summed E-state index contributed by atoms with van der Waals surface area (Å²) in [6.45, 7) is 8.18. The minimum Gasteiger partial charge on any atom is -0.480 e. The van der Waals surface area contributed by atoms with E-state index in [-0.39, 0.29) is 18.1 Å². The van der Waals surface area contributed by atoms with Gasteiger partial charge < -0.3 is 20.5 Å². The number of amides is 2. The van der Waals surface area contributed by atoms with Crippen molar-refractivity contribution in [2.75, 3.05) is 17.2 Å². The number of urea groups is 1. The Balaban J connectivity index is 1.65. The fourth-order valence-corrected chi connectivity index (χ4v) is 2.83. The Labute approximate surface area is 160 Å². The summed E-state index contributed by atoms with van der Waals surface area (Å²) in [7, 11) is 0. The van der Waals surface area contributed by atoms with Crippen molar-refractivity contribution in [1.29, 1.82) is 0 Å². The predicted octanol–water partition coefficient (Wildman–Crippen LogP) is 4.78. The molecule has 1 aliphatic rings. The smallest absolute Gasteiger partial charge is 0.323 e. The molecule has 5 heteroatoms.